The van der Waals surface area contributed by atoms with Crippen molar-refractivity contribution >= 4 is 34.9 Å². The van der Waals surface area contributed by atoms with Gasteiger partial charge in [0.2, 0.25) is 0 Å². The topological polar surface area (TPSA) is 80.4 Å². The monoisotopic (exact) mass is 311 g/mol. The molecule has 7 heteroatoms. The second kappa shape index (κ2) is 5.48. The predicted molar refractivity (Wildman–Crippen MR) is 75.5 cm³/mol. The van der Waals surface area contributed by atoms with Gasteiger partial charge in [-0.15, -0.1) is 0 Å². The minimum atomic E-state index is -1.19. The number of nitro groups is 1. The molecule has 2 aromatic carbocycles. The summed E-state index contributed by atoms with van der Waals surface area (Å²) in [6.45, 7) is 0. The highest BCUT2D eigenvalue weighted by molar-refractivity contribution is 6.36. The Kier molecular flexibility index (Phi) is 3.92. The predicted octanol–water partition coefficient (Wildman–Crippen LogP) is 4.27. The van der Waals surface area contributed by atoms with Crippen molar-refractivity contribution in [2.75, 3.05) is 0 Å². The number of rotatable bonds is 3. The number of carboxylic acid groups (broad SMARTS) is 1. The minimum Gasteiger partial charge on any atom is -0.478 e. The summed E-state index contributed by atoms with van der Waals surface area (Å²) in [6.07, 6.45) is 0. The molecule has 2 aromatic rings. The molecular formula is C13H7Cl2NO4. The molecular weight excluding hydrogens is 305 g/mol. The standard InChI is InChI=1S/C13H7Cl2NO4/c14-7-1-3-9(12(15)5-7)11-6-8(16(19)20)2-4-10(11)13(17)18/h1-6H,(H,17,18). The van der Waals surface area contributed by atoms with Crippen LogP contribution in [0.2, 0.25) is 10.0 Å². The molecule has 0 saturated carbocycles. The SMILES string of the molecule is O=C(O)c1ccc([N+](=O)[O-])cc1-c1ccc(Cl)cc1Cl. The molecule has 0 aliphatic carbocycles. The van der Waals surface area contributed by atoms with Crippen LogP contribution in [-0.4, -0.2) is 16.0 Å². The molecule has 20 heavy (non-hydrogen) atoms. The summed E-state index contributed by atoms with van der Waals surface area (Å²) >= 11 is 11.8. The van der Waals surface area contributed by atoms with Crippen LogP contribution in [0.25, 0.3) is 11.1 Å². The third kappa shape index (κ3) is 2.74. The lowest BCUT2D eigenvalue weighted by Gasteiger charge is -2.08. The van der Waals surface area contributed by atoms with E-state index >= 15 is 0 Å². The molecule has 0 fully saturated rings. The second-order valence-corrected chi connectivity index (χ2v) is 4.76. The zero-order chi connectivity index (χ0) is 14.9. The molecule has 0 saturated heterocycles. The maximum absolute atomic E-state index is 11.2. The largest absolute Gasteiger partial charge is 0.478 e. The number of nitro benzene ring substituents is 1. The van der Waals surface area contributed by atoms with Crippen molar-refractivity contribution in [1.29, 1.82) is 0 Å². The van der Waals surface area contributed by atoms with Crippen LogP contribution in [0, 0.1) is 10.1 Å². The molecule has 0 atom stereocenters. The van der Waals surface area contributed by atoms with Gasteiger partial charge in [-0.2, -0.15) is 0 Å². The van der Waals surface area contributed by atoms with E-state index in [0.717, 1.165) is 6.07 Å². The average Bonchev–Trinajstić information content (AvgIpc) is 2.37. The summed E-state index contributed by atoms with van der Waals surface area (Å²) in [7, 11) is 0. The summed E-state index contributed by atoms with van der Waals surface area (Å²) in [6, 6.07) is 8.00. The van der Waals surface area contributed by atoms with Gasteiger partial charge in [0.1, 0.15) is 0 Å². The third-order valence-corrected chi connectivity index (χ3v) is 3.21. The van der Waals surface area contributed by atoms with Crippen LogP contribution in [0.1, 0.15) is 10.4 Å². The molecule has 5 nitrogen and oxygen atoms in total. The highest BCUT2D eigenvalue weighted by Crippen LogP contribution is 2.34. The molecule has 2 rings (SSSR count). The Bertz CT molecular complexity index is 716. The summed E-state index contributed by atoms with van der Waals surface area (Å²) in [5, 5.41) is 20.6. The lowest BCUT2D eigenvalue weighted by atomic mass is 9.99. The number of carboxylic acids is 1. The van der Waals surface area contributed by atoms with Gasteiger partial charge in [0.15, 0.2) is 0 Å². The first-order valence-corrected chi connectivity index (χ1v) is 6.13. The molecule has 102 valence electrons. The van der Waals surface area contributed by atoms with E-state index in [4.69, 9.17) is 28.3 Å². The molecule has 0 aromatic heterocycles. The van der Waals surface area contributed by atoms with Gasteiger partial charge in [0, 0.05) is 33.3 Å². The van der Waals surface area contributed by atoms with Gasteiger partial charge < -0.3 is 5.11 Å². The van der Waals surface area contributed by atoms with Crippen molar-refractivity contribution in [3.63, 3.8) is 0 Å². The van der Waals surface area contributed by atoms with Crippen molar-refractivity contribution in [3.8, 4) is 11.1 Å². The minimum absolute atomic E-state index is 0.0696. The molecule has 0 bridgehead atoms. The Labute approximate surface area is 123 Å². The highest BCUT2D eigenvalue weighted by Gasteiger charge is 2.18. The first-order valence-electron chi connectivity index (χ1n) is 5.37. The molecule has 0 amide bonds. The van der Waals surface area contributed by atoms with Crippen molar-refractivity contribution in [2.24, 2.45) is 0 Å². The maximum atomic E-state index is 11.2. The van der Waals surface area contributed by atoms with Crippen LogP contribution >= 0.6 is 23.2 Å². The van der Waals surface area contributed by atoms with Gasteiger partial charge in [-0.05, 0) is 18.2 Å². The van der Waals surface area contributed by atoms with E-state index in [1.165, 1.54) is 30.3 Å². The van der Waals surface area contributed by atoms with Crippen LogP contribution < -0.4 is 0 Å². The molecule has 0 unspecified atom stereocenters. The van der Waals surface area contributed by atoms with E-state index in [9.17, 15) is 14.9 Å². The van der Waals surface area contributed by atoms with Gasteiger partial charge >= 0.3 is 5.97 Å². The van der Waals surface area contributed by atoms with E-state index in [1.807, 2.05) is 0 Å². The number of non-ortho nitro benzene ring substituents is 1. The van der Waals surface area contributed by atoms with Crippen molar-refractivity contribution in [3.05, 3.63) is 62.1 Å². The van der Waals surface area contributed by atoms with E-state index in [0.29, 0.717) is 10.6 Å². The summed E-state index contributed by atoms with van der Waals surface area (Å²) in [4.78, 5) is 21.4. The number of carbonyl (C=O) groups is 1. The third-order valence-electron chi connectivity index (χ3n) is 2.67. The van der Waals surface area contributed by atoms with Crippen LogP contribution in [-0.2, 0) is 0 Å². The zero-order valence-electron chi connectivity index (χ0n) is 9.84. The van der Waals surface area contributed by atoms with Gasteiger partial charge in [0.05, 0.1) is 10.5 Å². The van der Waals surface area contributed by atoms with E-state index < -0.39 is 10.9 Å². The summed E-state index contributed by atoms with van der Waals surface area (Å²) in [5.74, 6) is -1.19. The van der Waals surface area contributed by atoms with Gasteiger partial charge in [0.25, 0.3) is 5.69 Å². The number of halogens is 2. The summed E-state index contributed by atoms with van der Waals surface area (Å²) < 4.78 is 0. The fourth-order valence-corrected chi connectivity index (χ4v) is 2.27. The highest BCUT2D eigenvalue weighted by atomic mass is 35.5. The van der Waals surface area contributed by atoms with E-state index in [-0.39, 0.29) is 21.8 Å². The number of nitrogens with zero attached hydrogens (tertiary/aromatic N) is 1. The summed E-state index contributed by atoms with van der Waals surface area (Å²) in [5.41, 5.74) is 0.265. The van der Waals surface area contributed by atoms with Crippen LogP contribution in [0.5, 0.6) is 0 Å². The second-order valence-electron chi connectivity index (χ2n) is 3.92. The quantitative estimate of drug-likeness (QED) is 0.678. The van der Waals surface area contributed by atoms with Gasteiger partial charge in [-0.1, -0.05) is 29.3 Å². The molecule has 0 aliphatic heterocycles. The fourth-order valence-electron chi connectivity index (χ4n) is 1.76. The number of hydrogen-bond acceptors (Lipinski definition) is 3. The van der Waals surface area contributed by atoms with Crippen molar-refractivity contribution in [1.82, 2.24) is 0 Å². The molecule has 1 N–H and O–H groups in total. The lowest BCUT2D eigenvalue weighted by Crippen LogP contribution is -2.01. The molecule has 0 radical (unpaired) electrons. The first kappa shape index (κ1) is 14.3. The molecule has 0 aliphatic rings. The number of benzene rings is 2. The van der Waals surface area contributed by atoms with Crippen molar-refractivity contribution < 1.29 is 14.8 Å². The molecule has 0 heterocycles. The van der Waals surface area contributed by atoms with Crippen LogP contribution in [0.4, 0.5) is 5.69 Å². The van der Waals surface area contributed by atoms with Gasteiger partial charge in [-0.25, -0.2) is 4.79 Å². The average molecular weight is 312 g/mol. The normalized spacial score (nSPS) is 10.3. The van der Waals surface area contributed by atoms with Crippen molar-refractivity contribution in [2.45, 2.75) is 0 Å². The smallest absolute Gasteiger partial charge is 0.336 e. The Hall–Kier alpha value is -2.11. The zero-order valence-corrected chi connectivity index (χ0v) is 11.4. The van der Waals surface area contributed by atoms with Crippen LogP contribution in [0.15, 0.2) is 36.4 Å². The van der Waals surface area contributed by atoms with Gasteiger partial charge in [-0.3, -0.25) is 10.1 Å². The van der Waals surface area contributed by atoms with E-state index in [2.05, 4.69) is 0 Å². The Morgan fingerprint density at radius 1 is 1.10 bits per heavy atom. The maximum Gasteiger partial charge on any atom is 0.336 e. The Balaban J connectivity index is 2.72. The Morgan fingerprint density at radius 2 is 1.80 bits per heavy atom. The lowest BCUT2D eigenvalue weighted by molar-refractivity contribution is -0.384. The fraction of sp³-hybridized carbons (Fsp3) is 0. The molecule has 0 spiro atoms. The first-order chi connectivity index (χ1) is 9.40. The van der Waals surface area contributed by atoms with E-state index in [1.54, 1.807) is 0 Å². The number of aromatic carboxylic acids is 1. The number of hydrogen-bond donors (Lipinski definition) is 1. The Morgan fingerprint density at radius 3 is 2.35 bits per heavy atom. The van der Waals surface area contributed by atoms with Crippen LogP contribution in [0.3, 0.4) is 0 Å².